The third kappa shape index (κ3) is 3.59. The largest absolute Gasteiger partial charge is 0.478 e. The molecule has 1 aliphatic carbocycles. The molecule has 1 saturated carbocycles. The van der Waals surface area contributed by atoms with Gasteiger partial charge in [0.25, 0.3) is 0 Å². The van der Waals surface area contributed by atoms with Crippen LogP contribution in [0.3, 0.4) is 0 Å². The molecular weight excluding hydrogens is 276 g/mol. The highest BCUT2D eigenvalue weighted by Gasteiger charge is 2.23. The number of carbonyl (C=O) groups is 3. The molecule has 0 spiro atoms. The van der Waals surface area contributed by atoms with E-state index in [0.717, 1.165) is 38.2 Å². The van der Waals surface area contributed by atoms with E-state index in [1.807, 2.05) is 0 Å². The van der Waals surface area contributed by atoms with Gasteiger partial charge in [-0.3, -0.25) is 0 Å². The van der Waals surface area contributed by atoms with E-state index in [0.29, 0.717) is 0 Å². The van der Waals surface area contributed by atoms with E-state index in [1.54, 1.807) is 0 Å². The normalized spacial score (nSPS) is 15.4. The first kappa shape index (κ1) is 15.0. The molecular formula is C15H16O6. The number of hydrogen-bond donors (Lipinski definition) is 2. The minimum absolute atomic E-state index is 0.113. The Hall–Kier alpha value is -2.37. The molecule has 0 unspecified atom stereocenters. The van der Waals surface area contributed by atoms with Gasteiger partial charge in [0.15, 0.2) is 0 Å². The Balaban J connectivity index is 2.23. The van der Waals surface area contributed by atoms with E-state index < -0.39 is 17.9 Å². The van der Waals surface area contributed by atoms with E-state index in [4.69, 9.17) is 14.9 Å². The lowest BCUT2D eigenvalue weighted by Gasteiger charge is -2.22. The van der Waals surface area contributed by atoms with Gasteiger partial charge in [-0.05, 0) is 43.9 Å². The molecule has 0 aliphatic heterocycles. The maximum absolute atomic E-state index is 12.1. The monoisotopic (exact) mass is 292 g/mol. The van der Waals surface area contributed by atoms with E-state index >= 15 is 0 Å². The second-order valence-electron chi connectivity index (χ2n) is 5.04. The summed E-state index contributed by atoms with van der Waals surface area (Å²) in [5.41, 5.74) is -0.643. The van der Waals surface area contributed by atoms with Crippen LogP contribution in [-0.2, 0) is 4.74 Å². The lowest BCUT2D eigenvalue weighted by Crippen LogP contribution is -2.22. The van der Waals surface area contributed by atoms with Crippen LogP contribution in [0, 0.1) is 0 Å². The molecule has 0 saturated heterocycles. The van der Waals surface area contributed by atoms with Crippen molar-refractivity contribution in [2.45, 2.75) is 38.2 Å². The van der Waals surface area contributed by atoms with Crippen molar-refractivity contribution in [3.63, 3.8) is 0 Å². The van der Waals surface area contributed by atoms with Crippen LogP contribution in [0.1, 0.15) is 63.2 Å². The number of ether oxygens (including phenoxy) is 1. The average molecular weight is 292 g/mol. The predicted octanol–water partition coefficient (Wildman–Crippen LogP) is 2.57. The van der Waals surface area contributed by atoms with Gasteiger partial charge in [0.1, 0.15) is 6.10 Å². The molecule has 21 heavy (non-hydrogen) atoms. The van der Waals surface area contributed by atoms with Crippen LogP contribution in [-0.4, -0.2) is 34.2 Å². The number of esters is 1. The number of hydrogen-bond acceptors (Lipinski definition) is 4. The zero-order chi connectivity index (χ0) is 15.4. The van der Waals surface area contributed by atoms with Gasteiger partial charge in [-0.15, -0.1) is 0 Å². The summed E-state index contributed by atoms with van der Waals surface area (Å²) in [5.74, 6) is -3.31. The first-order chi connectivity index (χ1) is 9.99. The van der Waals surface area contributed by atoms with Crippen LogP contribution in [0.5, 0.6) is 0 Å². The van der Waals surface area contributed by atoms with Crippen LogP contribution in [0.2, 0.25) is 0 Å². The topological polar surface area (TPSA) is 101 Å². The summed E-state index contributed by atoms with van der Waals surface area (Å²) in [6, 6.07) is 3.37. The Bertz CT molecular complexity index is 572. The molecule has 0 amide bonds. The fourth-order valence-electron chi connectivity index (χ4n) is 2.43. The second-order valence-corrected chi connectivity index (χ2v) is 5.04. The maximum atomic E-state index is 12.1. The van der Waals surface area contributed by atoms with Gasteiger partial charge in [0.05, 0.1) is 16.7 Å². The van der Waals surface area contributed by atoms with Crippen LogP contribution < -0.4 is 0 Å². The van der Waals surface area contributed by atoms with Gasteiger partial charge in [-0.25, -0.2) is 14.4 Å². The zero-order valence-corrected chi connectivity index (χ0v) is 11.4. The molecule has 2 N–H and O–H groups in total. The summed E-state index contributed by atoms with van der Waals surface area (Å²) in [7, 11) is 0. The van der Waals surface area contributed by atoms with Crippen molar-refractivity contribution in [3.8, 4) is 0 Å². The Morgan fingerprint density at radius 3 is 2.19 bits per heavy atom. The Morgan fingerprint density at radius 2 is 1.62 bits per heavy atom. The van der Waals surface area contributed by atoms with Gasteiger partial charge in [-0.2, -0.15) is 0 Å². The number of carboxylic acid groups (broad SMARTS) is 2. The van der Waals surface area contributed by atoms with Gasteiger partial charge < -0.3 is 14.9 Å². The minimum atomic E-state index is -1.35. The SMILES string of the molecule is O=C(O)c1ccc(C(=O)OC2CCCCC2)c(C(=O)O)c1. The molecule has 1 fully saturated rings. The molecule has 6 nitrogen and oxygen atoms in total. The smallest absolute Gasteiger partial charge is 0.339 e. The molecule has 6 heteroatoms. The van der Waals surface area contributed by atoms with Crippen molar-refractivity contribution >= 4 is 17.9 Å². The Kier molecular flexibility index (Phi) is 4.57. The average Bonchev–Trinajstić information content (AvgIpc) is 2.47. The van der Waals surface area contributed by atoms with Gasteiger partial charge in [0, 0.05) is 0 Å². The molecule has 0 radical (unpaired) electrons. The highest BCUT2D eigenvalue weighted by Crippen LogP contribution is 2.22. The third-order valence-corrected chi connectivity index (χ3v) is 3.54. The summed E-state index contributed by atoms with van der Waals surface area (Å²) < 4.78 is 5.32. The summed E-state index contributed by atoms with van der Waals surface area (Å²) in [6.07, 6.45) is 4.46. The lowest BCUT2D eigenvalue weighted by atomic mass is 9.97. The number of carbonyl (C=O) groups excluding carboxylic acids is 1. The minimum Gasteiger partial charge on any atom is -0.478 e. The number of aromatic carboxylic acids is 2. The number of carboxylic acids is 2. The summed E-state index contributed by atoms with van der Waals surface area (Å²) >= 11 is 0. The third-order valence-electron chi connectivity index (χ3n) is 3.54. The second kappa shape index (κ2) is 6.39. The number of benzene rings is 1. The van der Waals surface area contributed by atoms with Crippen molar-refractivity contribution in [1.29, 1.82) is 0 Å². The quantitative estimate of drug-likeness (QED) is 0.827. The zero-order valence-electron chi connectivity index (χ0n) is 11.4. The van der Waals surface area contributed by atoms with Crippen molar-refractivity contribution in [1.82, 2.24) is 0 Å². The standard InChI is InChI=1S/C15H16O6/c16-13(17)9-6-7-11(12(8-9)14(18)19)15(20)21-10-4-2-1-3-5-10/h6-8,10H,1-5H2,(H,16,17)(H,18,19). The molecule has 0 heterocycles. The highest BCUT2D eigenvalue weighted by atomic mass is 16.5. The number of rotatable bonds is 4. The van der Waals surface area contributed by atoms with Crippen LogP contribution in [0.4, 0.5) is 0 Å². The van der Waals surface area contributed by atoms with Gasteiger partial charge >= 0.3 is 17.9 Å². The van der Waals surface area contributed by atoms with Crippen molar-refractivity contribution < 1.29 is 29.3 Å². The van der Waals surface area contributed by atoms with Crippen LogP contribution in [0.25, 0.3) is 0 Å². The summed E-state index contributed by atoms with van der Waals surface area (Å²) in [6.45, 7) is 0. The first-order valence-electron chi connectivity index (χ1n) is 6.80. The Morgan fingerprint density at radius 1 is 0.952 bits per heavy atom. The molecule has 0 atom stereocenters. The Labute approximate surface area is 121 Å². The summed E-state index contributed by atoms with van der Waals surface area (Å²) in [4.78, 5) is 34.1. The van der Waals surface area contributed by atoms with Crippen LogP contribution in [0.15, 0.2) is 18.2 Å². The highest BCUT2D eigenvalue weighted by molar-refractivity contribution is 6.04. The van der Waals surface area contributed by atoms with E-state index in [1.165, 1.54) is 12.1 Å². The maximum Gasteiger partial charge on any atom is 0.339 e. The van der Waals surface area contributed by atoms with E-state index in [-0.39, 0.29) is 22.8 Å². The lowest BCUT2D eigenvalue weighted by molar-refractivity contribution is 0.0206. The molecule has 1 aliphatic rings. The molecule has 0 bridgehead atoms. The van der Waals surface area contributed by atoms with E-state index in [9.17, 15) is 14.4 Å². The molecule has 0 aromatic heterocycles. The summed E-state index contributed by atoms with van der Waals surface area (Å²) in [5, 5.41) is 18.0. The van der Waals surface area contributed by atoms with Crippen molar-refractivity contribution in [2.24, 2.45) is 0 Å². The fourth-order valence-corrected chi connectivity index (χ4v) is 2.43. The van der Waals surface area contributed by atoms with Crippen molar-refractivity contribution in [3.05, 3.63) is 34.9 Å². The first-order valence-corrected chi connectivity index (χ1v) is 6.80. The van der Waals surface area contributed by atoms with Gasteiger partial charge in [-0.1, -0.05) is 6.42 Å². The molecule has 112 valence electrons. The molecule has 2 rings (SSSR count). The predicted molar refractivity (Wildman–Crippen MR) is 72.6 cm³/mol. The van der Waals surface area contributed by atoms with Crippen molar-refractivity contribution in [2.75, 3.05) is 0 Å². The van der Waals surface area contributed by atoms with Gasteiger partial charge in [0.2, 0.25) is 0 Å². The van der Waals surface area contributed by atoms with E-state index in [2.05, 4.69) is 0 Å². The van der Waals surface area contributed by atoms with Crippen LogP contribution >= 0.6 is 0 Å². The fraction of sp³-hybridized carbons (Fsp3) is 0.400. The molecule has 1 aromatic rings. The molecule has 1 aromatic carbocycles.